The molecular formula is C49H48N7O6S3+. The number of aromatic nitrogens is 2. The van der Waals surface area contributed by atoms with E-state index in [4.69, 9.17) is 19.3 Å². The molecule has 65 heavy (non-hydrogen) atoms. The van der Waals surface area contributed by atoms with Crippen molar-refractivity contribution in [3.63, 3.8) is 0 Å². The topological polar surface area (TPSA) is 147 Å². The molecule has 0 aliphatic carbocycles. The first-order valence-corrected chi connectivity index (χ1v) is 23.9. The minimum absolute atomic E-state index is 0.000689. The molecule has 332 valence electrons. The molecule has 13 nitrogen and oxygen atoms in total. The fourth-order valence-electron chi connectivity index (χ4n) is 7.63. The summed E-state index contributed by atoms with van der Waals surface area (Å²) in [7, 11) is 2.94. The normalized spacial score (nSPS) is 16.0. The third kappa shape index (κ3) is 9.89. The molecule has 0 unspecified atom stereocenters. The van der Waals surface area contributed by atoms with Gasteiger partial charge in [-0.05, 0) is 46.4 Å². The number of carbonyl (C=O) groups excluding carboxylic acids is 3. The molecule has 2 aliphatic rings. The highest BCUT2D eigenvalue weighted by atomic mass is 32.2. The van der Waals surface area contributed by atoms with Crippen molar-refractivity contribution in [2.45, 2.75) is 41.8 Å². The Balaban J connectivity index is 1.02. The van der Waals surface area contributed by atoms with E-state index < -0.39 is 34.7 Å². The van der Waals surface area contributed by atoms with E-state index in [2.05, 4.69) is 64.5 Å². The molecule has 4 heterocycles. The number of fused-ring (bicyclic) bond motifs is 1. The summed E-state index contributed by atoms with van der Waals surface area (Å²) in [5.74, 6) is -0.124. The Morgan fingerprint density at radius 3 is 2.11 bits per heavy atom. The SMILES string of the molecule is CCCN[n+]1ccc(SCC2=C(C(=O)OCc3ccc(OC)cc3)N3C(=O)[C@@H](NC(=O)/C(=N\OC)c4csc(NC(c5ccccc5)(c5ccccc5)c5ccccc5)n4)[C@H]3SC2)cc1. The van der Waals surface area contributed by atoms with Crippen molar-refractivity contribution < 1.29 is 33.4 Å². The zero-order valence-electron chi connectivity index (χ0n) is 36.0. The number of β-lactam (4-membered cyclic amide) rings is 1. The van der Waals surface area contributed by atoms with Crippen molar-refractivity contribution in [1.82, 2.24) is 15.2 Å². The van der Waals surface area contributed by atoms with Gasteiger partial charge in [0, 0.05) is 33.9 Å². The van der Waals surface area contributed by atoms with Gasteiger partial charge in [0.2, 0.25) is 12.4 Å². The number of hydrogen-bond acceptors (Lipinski definition) is 13. The molecule has 3 N–H and O–H groups in total. The molecule has 1 fully saturated rings. The number of nitrogens with one attached hydrogen (secondary N) is 3. The highest BCUT2D eigenvalue weighted by molar-refractivity contribution is 8.01. The number of rotatable bonds is 19. The second-order valence-corrected chi connectivity index (χ2v) is 18.0. The van der Waals surface area contributed by atoms with Gasteiger partial charge in [0.05, 0.1) is 13.7 Å². The summed E-state index contributed by atoms with van der Waals surface area (Å²) in [6.07, 6.45) is 4.90. The van der Waals surface area contributed by atoms with Gasteiger partial charge in [-0.25, -0.2) is 9.78 Å². The average Bonchev–Trinajstić information content (AvgIpc) is 3.83. The van der Waals surface area contributed by atoms with Crippen LogP contribution in [-0.4, -0.2) is 77.1 Å². The molecule has 0 saturated carbocycles. The number of methoxy groups -OCH3 is 1. The second-order valence-electron chi connectivity index (χ2n) is 15.0. The van der Waals surface area contributed by atoms with Gasteiger partial charge in [0.15, 0.2) is 10.8 Å². The van der Waals surface area contributed by atoms with Crippen molar-refractivity contribution in [3.8, 4) is 5.75 Å². The number of benzene rings is 4. The Labute approximate surface area is 390 Å². The van der Waals surface area contributed by atoms with Gasteiger partial charge < -0.3 is 24.9 Å². The lowest BCUT2D eigenvalue weighted by Gasteiger charge is -2.49. The first kappa shape index (κ1) is 45.0. The monoisotopic (exact) mass is 926 g/mol. The summed E-state index contributed by atoms with van der Waals surface area (Å²) in [6, 6.07) is 40.7. The fraction of sp³-hybridized carbons (Fsp3) is 0.224. The number of oxime groups is 1. The predicted octanol–water partition coefficient (Wildman–Crippen LogP) is 7.34. The molecule has 2 amide bonds. The molecule has 8 rings (SSSR count). The maximum absolute atomic E-state index is 14.2. The molecule has 16 heteroatoms. The van der Waals surface area contributed by atoms with Crippen molar-refractivity contribution in [3.05, 3.63) is 184 Å². The Morgan fingerprint density at radius 1 is 0.892 bits per heavy atom. The molecule has 6 aromatic rings. The summed E-state index contributed by atoms with van der Waals surface area (Å²) in [5, 5.41) is 12.4. The quantitative estimate of drug-likeness (QED) is 0.0143. The van der Waals surface area contributed by atoms with Gasteiger partial charge in [0.25, 0.3) is 11.8 Å². The number of pyridine rings is 1. The van der Waals surface area contributed by atoms with Gasteiger partial charge >= 0.3 is 5.97 Å². The van der Waals surface area contributed by atoms with Crippen LogP contribution in [0.15, 0.2) is 166 Å². The molecule has 2 aliphatic heterocycles. The molecule has 0 bridgehead atoms. The third-order valence-electron chi connectivity index (χ3n) is 10.9. The number of thiazole rings is 1. The van der Waals surface area contributed by atoms with Gasteiger partial charge in [-0.2, -0.15) is 5.43 Å². The van der Waals surface area contributed by atoms with Gasteiger partial charge in [-0.3, -0.25) is 14.5 Å². The maximum Gasteiger partial charge on any atom is 0.355 e. The van der Waals surface area contributed by atoms with E-state index in [0.29, 0.717) is 22.4 Å². The summed E-state index contributed by atoms with van der Waals surface area (Å²) < 4.78 is 13.0. The number of thioether (sulfide) groups is 2. The predicted molar refractivity (Wildman–Crippen MR) is 255 cm³/mol. The van der Waals surface area contributed by atoms with E-state index in [-0.39, 0.29) is 23.7 Å². The molecule has 0 spiro atoms. The van der Waals surface area contributed by atoms with E-state index in [0.717, 1.165) is 45.7 Å². The van der Waals surface area contributed by atoms with Crippen LogP contribution < -0.4 is 25.5 Å². The minimum atomic E-state index is -0.952. The standard InChI is InChI=1S/C49H47N7O6S3/c1-4-26-50-55-27-24-39(25-28-55)63-30-34-31-64-46-42(45(58)56(46)43(34)47(59)62-29-33-20-22-38(60-2)23-21-33)52-44(57)41(54-61-3)40-32-65-48(51-40)53-49(35-14-8-5-9-15-35,36-16-10-6-11-17-36)37-18-12-7-13-19-37/h5-25,27-28,32,42,46,50H,4,26,29-31H2,1-3H3,(H-,51,52,53,57)/p+1/b54-41-/t42-,46-/m1/s1. The van der Waals surface area contributed by atoms with E-state index in [1.807, 2.05) is 95.9 Å². The van der Waals surface area contributed by atoms with Crippen LogP contribution in [0.2, 0.25) is 0 Å². The molecule has 4 aromatic carbocycles. The van der Waals surface area contributed by atoms with Crippen LogP contribution in [0.3, 0.4) is 0 Å². The minimum Gasteiger partial charge on any atom is -0.497 e. The van der Waals surface area contributed by atoms with Crippen LogP contribution in [0.4, 0.5) is 5.13 Å². The second kappa shape index (κ2) is 20.9. The zero-order chi connectivity index (χ0) is 45.2. The molecule has 0 radical (unpaired) electrons. The number of anilines is 1. The number of amides is 2. The van der Waals surface area contributed by atoms with E-state index in [9.17, 15) is 14.4 Å². The van der Waals surface area contributed by atoms with Gasteiger partial charge in [-0.15, -0.1) is 34.9 Å². The van der Waals surface area contributed by atoms with Crippen LogP contribution >= 0.6 is 34.9 Å². The van der Waals surface area contributed by atoms with Crippen LogP contribution in [0, 0.1) is 0 Å². The number of ether oxygens (including phenoxy) is 2. The Kier molecular flexibility index (Phi) is 14.5. The molecular weight excluding hydrogens is 879 g/mol. The molecule has 2 atom stereocenters. The number of esters is 1. The van der Waals surface area contributed by atoms with Gasteiger partial charge in [-0.1, -0.05) is 120 Å². The van der Waals surface area contributed by atoms with Crippen molar-refractivity contribution in [1.29, 1.82) is 0 Å². The summed E-state index contributed by atoms with van der Waals surface area (Å²) >= 11 is 4.36. The lowest BCUT2D eigenvalue weighted by atomic mass is 9.77. The highest BCUT2D eigenvalue weighted by Crippen LogP contribution is 2.43. The fourth-order valence-corrected chi connectivity index (χ4v) is 10.8. The van der Waals surface area contributed by atoms with Crippen molar-refractivity contribution in [2.24, 2.45) is 5.16 Å². The molecule has 2 aromatic heterocycles. The smallest absolute Gasteiger partial charge is 0.355 e. The lowest BCUT2D eigenvalue weighted by Crippen LogP contribution is -2.71. The highest BCUT2D eigenvalue weighted by Gasteiger charge is 2.55. The Morgan fingerprint density at radius 2 is 1.52 bits per heavy atom. The maximum atomic E-state index is 14.2. The third-order valence-corrected chi connectivity index (χ3v) is 14.1. The lowest BCUT2D eigenvalue weighted by molar-refractivity contribution is -0.650. The first-order valence-electron chi connectivity index (χ1n) is 21.0. The Bertz CT molecular complexity index is 2550. The largest absolute Gasteiger partial charge is 0.497 e. The van der Waals surface area contributed by atoms with E-state index in [1.165, 1.54) is 35.1 Å². The number of hydrogen-bond donors (Lipinski definition) is 3. The average molecular weight is 927 g/mol. The first-order chi connectivity index (χ1) is 31.8. The number of nitrogens with zero attached hydrogens (tertiary/aromatic N) is 4. The van der Waals surface area contributed by atoms with Crippen molar-refractivity contribution in [2.75, 3.05) is 43.0 Å². The van der Waals surface area contributed by atoms with Crippen LogP contribution in [0.5, 0.6) is 5.75 Å². The summed E-state index contributed by atoms with van der Waals surface area (Å²) in [6.45, 7) is 2.95. The number of carbonyl (C=O) groups is 3. The van der Waals surface area contributed by atoms with Crippen LogP contribution in [0.25, 0.3) is 0 Å². The van der Waals surface area contributed by atoms with Crippen LogP contribution in [0.1, 0.15) is 41.3 Å². The van der Waals surface area contributed by atoms with Gasteiger partial charge in [0.1, 0.15) is 47.8 Å². The summed E-state index contributed by atoms with van der Waals surface area (Å²) in [5.41, 5.74) is 7.30. The van der Waals surface area contributed by atoms with Crippen LogP contribution in [-0.2, 0) is 36.1 Å². The van der Waals surface area contributed by atoms with E-state index >= 15 is 0 Å². The Hall–Kier alpha value is -6.62. The van der Waals surface area contributed by atoms with E-state index in [1.54, 1.807) is 36.4 Å². The molecule has 1 saturated heterocycles. The zero-order valence-corrected chi connectivity index (χ0v) is 38.5. The van der Waals surface area contributed by atoms with Crippen molar-refractivity contribution >= 4 is 63.5 Å². The summed E-state index contributed by atoms with van der Waals surface area (Å²) in [4.78, 5) is 54.8.